The zero-order valence-corrected chi connectivity index (χ0v) is 9.99. The Morgan fingerprint density at radius 2 is 2.13 bits per heavy atom. The second-order valence-corrected chi connectivity index (χ2v) is 4.63. The highest BCUT2D eigenvalue weighted by Gasteiger charge is 2.29. The molecule has 4 nitrogen and oxygen atoms in total. The Morgan fingerprint density at radius 3 is 2.60 bits per heavy atom. The van der Waals surface area contributed by atoms with Crippen molar-refractivity contribution in [2.24, 2.45) is 11.7 Å². The van der Waals surface area contributed by atoms with E-state index >= 15 is 0 Å². The van der Waals surface area contributed by atoms with Gasteiger partial charge in [-0.3, -0.25) is 9.69 Å². The standard InChI is InChI=1S/C11H23N3O/c1-8(6-12)11(15)13-7-9(2)14(3)10-4-5-10/h8-10H,4-7,12H2,1-3H3,(H,13,15). The van der Waals surface area contributed by atoms with Crippen LogP contribution in [-0.4, -0.2) is 43.0 Å². The molecule has 0 aromatic carbocycles. The molecule has 0 aromatic heterocycles. The molecule has 0 radical (unpaired) electrons. The third-order valence-corrected chi connectivity index (χ3v) is 3.19. The van der Waals surface area contributed by atoms with Crippen LogP contribution in [0.4, 0.5) is 0 Å². The number of nitrogens with one attached hydrogen (secondary N) is 1. The lowest BCUT2D eigenvalue weighted by Crippen LogP contribution is -2.43. The van der Waals surface area contributed by atoms with E-state index in [1.54, 1.807) is 0 Å². The lowest BCUT2D eigenvalue weighted by atomic mass is 10.1. The molecule has 4 heteroatoms. The normalized spacial score (nSPS) is 20.1. The van der Waals surface area contributed by atoms with E-state index < -0.39 is 0 Å². The number of nitrogens with zero attached hydrogens (tertiary/aromatic N) is 1. The maximum Gasteiger partial charge on any atom is 0.224 e. The molecule has 1 rings (SSSR count). The van der Waals surface area contributed by atoms with E-state index in [-0.39, 0.29) is 11.8 Å². The number of nitrogens with two attached hydrogens (primary N) is 1. The van der Waals surface area contributed by atoms with Gasteiger partial charge in [0.25, 0.3) is 0 Å². The van der Waals surface area contributed by atoms with Crippen molar-refractivity contribution in [1.29, 1.82) is 0 Å². The third-order valence-electron chi connectivity index (χ3n) is 3.19. The summed E-state index contributed by atoms with van der Waals surface area (Å²) in [6.45, 7) is 5.13. The number of hydrogen-bond donors (Lipinski definition) is 2. The number of likely N-dealkylation sites (N-methyl/N-ethyl adjacent to an activating group) is 1. The molecule has 1 aliphatic rings. The Kier molecular flexibility index (Phi) is 4.54. The Balaban J connectivity index is 2.20. The average Bonchev–Trinajstić information content (AvgIpc) is 3.06. The van der Waals surface area contributed by atoms with Crippen LogP contribution in [0.3, 0.4) is 0 Å². The zero-order chi connectivity index (χ0) is 11.4. The van der Waals surface area contributed by atoms with Crippen LogP contribution >= 0.6 is 0 Å². The third kappa shape index (κ3) is 3.80. The van der Waals surface area contributed by atoms with E-state index in [9.17, 15) is 4.79 Å². The van der Waals surface area contributed by atoms with Gasteiger partial charge >= 0.3 is 0 Å². The fourth-order valence-electron chi connectivity index (χ4n) is 1.52. The van der Waals surface area contributed by atoms with Gasteiger partial charge in [-0.15, -0.1) is 0 Å². The maximum absolute atomic E-state index is 11.5. The van der Waals surface area contributed by atoms with Crippen molar-refractivity contribution < 1.29 is 4.79 Å². The summed E-state index contributed by atoms with van der Waals surface area (Å²) in [7, 11) is 2.13. The number of rotatable bonds is 6. The van der Waals surface area contributed by atoms with Crippen LogP contribution in [0.1, 0.15) is 26.7 Å². The fourth-order valence-corrected chi connectivity index (χ4v) is 1.52. The summed E-state index contributed by atoms with van der Waals surface area (Å²) >= 11 is 0. The lowest BCUT2D eigenvalue weighted by molar-refractivity contribution is -0.124. The molecule has 1 saturated carbocycles. The Morgan fingerprint density at radius 1 is 1.53 bits per heavy atom. The van der Waals surface area contributed by atoms with Crippen LogP contribution in [0.2, 0.25) is 0 Å². The van der Waals surface area contributed by atoms with Gasteiger partial charge in [0, 0.05) is 31.1 Å². The molecule has 2 unspecified atom stereocenters. The summed E-state index contributed by atoms with van der Waals surface area (Å²) in [5.41, 5.74) is 5.43. The molecular formula is C11H23N3O. The van der Waals surface area contributed by atoms with Crippen LogP contribution in [0.5, 0.6) is 0 Å². The van der Waals surface area contributed by atoms with E-state index in [0.717, 1.165) is 12.6 Å². The van der Waals surface area contributed by atoms with Crippen molar-refractivity contribution in [2.75, 3.05) is 20.1 Å². The van der Waals surface area contributed by atoms with Gasteiger partial charge in [0.1, 0.15) is 0 Å². The van der Waals surface area contributed by atoms with Gasteiger partial charge in [0.2, 0.25) is 5.91 Å². The lowest BCUT2D eigenvalue weighted by Gasteiger charge is -2.25. The summed E-state index contributed by atoms with van der Waals surface area (Å²) in [6.07, 6.45) is 2.60. The first-order valence-electron chi connectivity index (χ1n) is 5.76. The molecule has 0 spiro atoms. The molecule has 0 saturated heterocycles. The number of hydrogen-bond acceptors (Lipinski definition) is 3. The van der Waals surface area contributed by atoms with Crippen molar-refractivity contribution in [3.05, 3.63) is 0 Å². The molecule has 1 amide bonds. The summed E-state index contributed by atoms with van der Waals surface area (Å²) in [5, 5.41) is 2.94. The Labute approximate surface area is 92.2 Å². The molecule has 0 heterocycles. The predicted octanol–water partition coefficient (Wildman–Crippen LogP) is 0.180. The van der Waals surface area contributed by atoms with Crippen LogP contribution in [0, 0.1) is 5.92 Å². The second kappa shape index (κ2) is 5.47. The molecule has 0 aromatic rings. The SMILES string of the molecule is CC(CN)C(=O)NCC(C)N(C)C1CC1. The molecule has 15 heavy (non-hydrogen) atoms. The largest absolute Gasteiger partial charge is 0.354 e. The minimum atomic E-state index is -0.0802. The summed E-state index contributed by atoms with van der Waals surface area (Å²) in [6, 6.07) is 1.15. The molecular weight excluding hydrogens is 190 g/mol. The predicted molar refractivity (Wildman–Crippen MR) is 61.5 cm³/mol. The summed E-state index contributed by atoms with van der Waals surface area (Å²) < 4.78 is 0. The van der Waals surface area contributed by atoms with Gasteiger partial charge in [-0.25, -0.2) is 0 Å². The highest BCUT2D eigenvalue weighted by atomic mass is 16.1. The topological polar surface area (TPSA) is 58.4 Å². The average molecular weight is 213 g/mol. The van der Waals surface area contributed by atoms with E-state index in [1.807, 2.05) is 6.92 Å². The molecule has 0 bridgehead atoms. The first-order valence-corrected chi connectivity index (χ1v) is 5.76. The first-order chi connectivity index (χ1) is 7.06. The second-order valence-electron chi connectivity index (χ2n) is 4.63. The number of carbonyl (C=O) groups is 1. The Hall–Kier alpha value is -0.610. The van der Waals surface area contributed by atoms with Gasteiger partial charge in [-0.2, -0.15) is 0 Å². The van der Waals surface area contributed by atoms with Gasteiger partial charge in [-0.1, -0.05) is 6.92 Å². The van der Waals surface area contributed by atoms with Crippen LogP contribution in [-0.2, 0) is 4.79 Å². The summed E-state index contributed by atoms with van der Waals surface area (Å²) in [4.78, 5) is 13.8. The molecule has 1 aliphatic carbocycles. The zero-order valence-electron chi connectivity index (χ0n) is 9.99. The highest BCUT2D eigenvalue weighted by molar-refractivity contribution is 5.78. The summed E-state index contributed by atoms with van der Waals surface area (Å²) in [5.74, 6) is -0.0167. The minimum absolute atomic E-state index is 0.0635. The van der Waals surface area contributed by atoms with Crippen molar-refractivity contribution in [1.82, 2.24) is 10.2 Å². The minimum Gasteiger partial charge on any atom is -0.354 e. The molecule has 0 aliphatic heterocycles. The van der Waals surface area contributed by atoms with Crippen LogP contribution in [0.15, 0.2) is 0 Å². The molecule has 2 atom stereocenters. The van der Waals surface area contributed by atoms with E-state index in [1.165, 1.54) is 12.8 Å². The van der Waals surface area contributed by atoms with Gasteiger partial charge in [-0.05, 0) is 26.8 Å². The molecule has 1 fully saturated rings. The van der Waals surface area contributed by atoms with Crippen molar-refractivity contribution in [3.63, 3.8) is 0 Å². The van der Waals surface area contributed by atoms with E-state index in [0.29, 0.717) is 12.6 Å². The van der Waals surface area contributed by atoms with Gasteiger partial charge in [0.05, 0.1) is 0 Å². The number of carbonyl (C=O) groups excluding carboxylic acids is 1. The maximum atomic E-state index is 11.5. The fraction of sp³-hybridized carbons (Fsp3) is 0.909. The first kappa shape index (κ1) is 12.5. The molecule has 88 valence electrons. The van der Waals surface area contributed by atoms with Crippen molar-refractivity contribution in [2.45, 2.75) is 38.8 Å². The van der Waals surface area contributed by atoms with Gasteiger partial charge in [0.15, 0.2) is 0 Å². The van der Waals surface area contributed by atoms with Gasteiger partial charge < -0.3 is 11.1 Å². The quantitative estimate of drug-likeness (QED) is 0.662. The van der Waals surface area contributed by atoms with Crippen LogP contribution in [0.25, 0.3) is 0 Å². The smallest absolute Gasteiger partial charge is 0.224 e. The van der Waals surface area contributed by atoms with E-state index in [2.05, 4.69) is 24.2 Å². The van der Waals surface area contributed by atoms with Crippen molar-refractivity contribution >= 4 is 5.91 Å². The number of amides is 1. The van der Waals surface area contributed by atoms with E-state index in [4.69, 9.17) is 5.73 Å². The van der Waals surface area contributed by atoms with Crippen LogP contribution < -0.4 is 11.1 Å². The molecule has 3 N–H and O–H groups in total. The highest BCUT2D eigenvalue weighted by Crippen LogP contribution is 2.26. The monoisotopic (exact) mass is 213 g/mol. The van der Waals surface area contributed by atoms with Crippen molar-refractivity contribution in [3.8, 4) is 0 Å². The Bertz CT molecular complexity index is 216.